The number of carbonyl (C=O) groups excluding carboxylic acids is 3. The molecule has 13 heteroatoms. The highest BCUT2D eigenvalue weighted by atomic mass is 32.2. The summed E-state index contributed by atoms with van der Waals surface area (Å²) >= 11 is 1.10. The normalized spacial score (nSPS) is 12.1. The molecule has 4 aromatic rings. The Kier molecular flexibility index (Phi) is 10.4. The second kappa shape index (κ2) is 14.4. The number of halogens is 3. The van der Waals surface area contributed by atoms with E-state index in [-0.39, 0.29) is 33.9 Å². The summed E-state index contributed by atoms with van der Waals surface area (Å²) in [5.74, 6) is -1.91. The van der Waals surface area contributed by atoms with Gasteiger partial charge in [-0.05, 0) is 67.6 Å². The van der Waals surface area contributed by atoms with Crippen LogP contribution in [0.2, 0.25) is 0 Å². The molecule has 230 valence electrons. The standard InChI is InChI=1S/C32H25F3N4O5S/c1-20(29(40)36-24-13-7-12-23(18-24)32(33,34)35)45-26-15-8-14-25(19-26)37-31(42)27(38-30(41)21-9-3-2-4-10-21)17-22-11-5-6-16-28(22)39(43)44/h2-20H,1H3,(H,36,40)(H,37,42)(H,38,41)/b27-17+. The van der Waals surface area contributed by atoms with Crippen LogP contribution in [0.25, 0.3) is 6.08 Å². The van der Waals surface area contributed by atoms with E-state index >= 15 is 0 Å². The summed E-state index contributed by atoms with van der Waals surface area (Å²) in [5, 5.41) is 18.5. The zero-order valence-electron chi connectivity index (χ0n) is 23.5. The summed E-state index contributed by atoms with van der Waals surface area (Å²) in [6.07, 6.45) is -3.35. The van der Waals surface area contributed by atoms with E-state index in [9.17, 15) is 37.7 Å². The van der Waals surface area contributed by atoms with Gasteiger partial charge in [0.1, 0.15) is 5.70 Å². The molecular formula is C32H25F3N4O5S. The summed E-state index contributed by atoms with van der Waals surface area (Å²) in [5.41, 5.74) is -0.783. The molecule has 3 amide bonds. The maximum atomic E-state index is 13.4. The van der Waals surface area contributed by atoms with Crippen molar-refractivity contribution in [2.75, 3.05) is 10.6 Å². The van der Waals surface area contributed by atoms with E-state index in [1.165, 1.54) is 36.4 Å². The van der Waals surface area contributed by atoms with Crippen LogP contribution >= 0.6 is 11.8 Å². The number of hydrogen-bond donors (Lipinski definition) is 3. The highest BCUT2D eigenvalue weighted by Crippen LogP contribution is 2.31. The van der Waals surface area contributed by atoms with Crippen molar-refractivity contribution in [3.8, 4) is 0 Å². The van der Waals surface area contributed by atoms with Crippen molar-refractivity contribution < 1.29 is 32.5 Å². The zero-order chi connectivity index (χ0) is 32.6. The molecule has 0 bridgehead atoms. The molecule has 4 rings (SSSR count). The Morgan fingerprint density at radius 1 is 0.844 bits per heavy atom. The smallest absolute Gasteiger partial charge is 0.325 e. The largest absolute Gasteiger partial charge is 0.416 e. The van der Waals surface area contributed by atoms with E-state index in [0.717, 1.165) is 23.9 Å². The summed E-state index contributed by atoms with van der Waals surface area (Å²) in [7, 11) is 0. The third-order valence-electron chi connectivity index (χ3n) is 6.19. The second-order valence-electron chi connectivity index (χ2n) is 9.50. The molecule has 1 atom stereocenters. The van der Waals surface area contributed by atoms with E-state index in [0.29, 0.717) is 4.90 Å². The first kappa shape index (κ1) is 32.5. The van der Waals surface area contributed by atoms with E-state index < -0.39 is 39.6 Å². The maximum absolute atomic E-state index is 13.4. The molecule has 4 aromatic carbocycles. The summed E-state index contributed by atoms with van der Waals surface area (Å²) < 4.78 is 39.1. The number of hydrogen-bond acceptors (Lipinski definition) is 6. The Hall–Kier alpha value is -5.43. The number of anilines is 2. The number of amides is 3. The average Bonchev–Trinajstić information content (AvgIpc) is 3.01. The number of alkyl halides is 3. The van der Waals surface area contributed by atoms with Crippen LogP contribution in [0.15, 0.2) is 114 Å². The minimum Gasteiger partial charge on any atom is -0.325 e. The highest BCUT2D eigenvalue weighted by molar-refractivity contribution is 8.00. The lowest BCUT2D eigenvalue weighted by Crippen LogP contribution is -2.30. The number of nitro benzene ring substituents is 1. The third kappa shape index (κ3) is 9.03. The number of nitro groups is 1. The van der Waals surface area contributed by atoms with E-state index in [1.807, 2.05) is 0 Å². The van der Waals surface area contributed by atoms with Crippen molar-refractivity contribution in [3.63, 3.8) is 0 Å². The highest BCUT2D eigenvalue weighted by Gasteiger charge is 2.30. The van der Waals surface area contributed by atoms with Crippen LogP contribution in [-0.2, 0) is 15.8 Å². The van der Waals surface area contributed by atoms with Crippen LogP contribution in [0.4, 0.5) is 30.2 Å². The molecule has 45 heavy (non-hydrogen) atoms. The van der Waals surface area contributed by atoms with Gasteiger partial charge in [0, 0.05) is 27.9 Å². The molecule has 0 saturated carbocycles. The van der Waals surface area contributed by atoms with Gasteiger partial charge in [0.05, 0.1) is 21.3 Å². The Morgan fingerprint density at radius 2 is 1.49 bits per heavy atom. The summed E-state index contributed by atoms with van der Waals surface area (Å²) in [6, 6.07) is 24.5. The Morgan fingerprint density at radius 3 is 2.18 bits per heavy atom. The third-order valence-corrected chi connectivity index (χ3v) is 7.29. The first-order valence-electron chi connectivity index (χ1n) is 13.3. The number of nitrogens with zero attached hydrogens (tertiary/aromatic N) is 1. The summed E-state index contributed by atoms with van der Waals surface area (Å²) in [4.78, 5) is 50.5. The Labute approximate surface area is 259 Å². The van der Waals surface area contributed by atoms with Crippen LogP contribution in [0.3, 0.4) is 0 Å². The van der Waals surface area contributed by atoms with Gasteiger partial charge >= 0.3 is 6.18 Å². The van der Waals surface area contributed by atoms with Crippen LogP contribution in [0.5, 0.6) is 0 Å². The SMILES string of the molecule is CC(Sc1cccc(NC(=O)/C(=C\c2ccccc2[N+](=O)[O-])NC(=O)c2ccccc2)c1)C(=O)Nc1cccc(C(F)(F)F)c1. The molecule has 1 unspecified atom stereocenters. The van der Waals surface area contributed by atoms with E-state index in [4.69, 9.17) is 0 Å². The van der Waals surface area contributed by atoms with Gasteiger partial charge in [0.2, 0.25) is 5.91 Å². The second-order valence-corrected chi connectivity index (χ2v) is 10.9. The van der Waals surface area contributed by atoms with Crippen molar-refractivity contribution in [2.45, 2.75) is 23.2 Å². The van der Waals surface area contributed by atoms with Crippen molar-refractivity contribution in [1.29, 1.82) is 0 Å². The predicted molar refractivity (Wildman–Crippen MR) is 165 cm³/mol. The molecule has 0 aromatic heterocycles. The molecule has 0 fully saturated rings. The van der Waals surface area contributed by atoms with E-state index in [2.05, 4.69) is 16.0 Å². The fourth-order valence-corrected chi connectivity index (χ4v) is 4.92. The average molecular weight is 635 g/mol. The number of nitrogens with one attached hydrogen (secondary N) is 3. The molecule has 0 spiro atoms. The molecule has 0 aliphatic rings. The molecule has 0 radical (unpaired) electrons. The fraction of sp³-hybridized carbons (Fsp3) is 0.0938. The molecule has 9 nitrogen and oxygen atoms in total. The first-order chi connectivity index (χ1) is 21.4. The van der Waals surface area contributed by atoms with Crippen LogP contribution in [0, 0.1) is 10.1 Å². The van der Waals surface area contributed by atoms with Crippen molar-refractivity contribution in [2.24, 2.45) is 0 Å². The number of thioether (sulfide) groups is 1. The predicted octanol–water partition coefficient (Wildman–Crippen LogP) is 7.14. The number of rotatable bonds is 10. The van der Waals surface area contributed by atoms with Crippen LogP contribution in [0.1, 0.15) is 28.4 Å². The van der Waals surface area contributed by atoms with Crippen LogP contribution in [-0.4, -0.2) is 27.9 Å². The van der Waals surface area contributed by atoms with Gasteiger partial charge in [0.15, 0.2) is 0 Å². The zero-order valence-corrected chi connectivity index (χ0v) is 24.3. The lowest BCUT2D eigenvalue weighted by molar-refractivity contribution is -0.385. The van der Waals surface area contributed by atoms with Gasteiger partial charge in [-0.25, -0.2) is 0 Å². The minimum absolute atomic E-state index is 0.00110. The van der Waals surface area contributed by atoms with Crippen LogP contribution < -0.4 is 16.0 Å². The van der Waals surface area contributed by atoms with Gasteiger partial charge in [-0.15, -0.1) is 11.8 Å². The van der Waals surface area contributed by atoms with Gasteiger partial charge < -0.3 is 16.0 Å². The van der Waals surface area contributed by atoms with Crippen molar-refractivity contribution in [1.82, 2.24) is 5.32 Å². The number of para-hydroxylation sites is 1. The number of carbonyl (C=O) groups is 3. The van der Waals surface area contributed by atoms with Gasteiger partial charge in [-0.2, -0.15) is 13.2 Å². The van der Waals surface area contributed by atoms with E-state index in [1.54, 1.807) is 67.6 Å². The topological polar surface area (TPSA) is 130 Å². The van der Waals surface area contributed by atoms with Gasteiger partial charge in [-0.3, -0.25) is 24.5 Å². The van der Waals surface area contributed by atoms with Gasteiger partial charge in [0.25, 0.3) is 17.5 Å². The molecular weight excluding hydrogens is 609 g/mol. The lowest BCUT2D eigenvalue weighted by Gasteiger charge is -2.15. The first-order valence-corrected chi connectivity index (χ1v) is 14.2. The molecule has 0 aliphatic carbocycles. The van der Waals surface area contributed by atoms with Gasteiger partial charge in [-0.1, -0.05) is 42.5 Å². The minimum atomic E-state index is -4.55. The molecule has 0 aliphatic heterocycles. The molecule has 0 heterocycles. The quantitative estimate of drug-likeness (QED) is 0.0736. The van der Waals surface area contributed by atoms with Crippen molar-refractivity contribution >= 4 is 52.6 Å². The molecule has 3 N–H and O–H groups in total. The Bertz CT molecular complexity index is 1760. The summed E-state index contributed by atoms with van der Waals surface area (Å²) in [6.45, 7) is 1.57. The fourth-order valence-electron chi connectivity index (χ4n) is 3.99. The number of benzene rings is 4. The monoisotopic (exact) mass is 634 g/mol. The lowest BCUT2D eigenvalue weighted by atomic mass is 10.1. The Balaban J connectivity index is 1.51. The molecule has 0 saturated heterocycles. The maximum Gasteiger partial charge on any atom is 0.416 e. The van der Waals surface area contributed by atoms with Crippen molar-refractivity contribution in [3.05, 3.63) is 136 Å².